The summed E-state index contributed by atoms with van der Waals surface area (Å²) in [6.45, 7) is 3.18. The molecule has 0 atom stereocenters. The summed E-state index contributed by atoms with van der Waals surface area (Å²) in [6.07, 6.45) is 3.96. The van der Waals surface area contributed by atoms with Crippen LogP contribution in [0, 0.1) is 6.07 Å². The molecule has 0 amide bonds. The van der Waals surface area contributed by atoms with Gasteiger partial charge in [0.1, 0.15) is 0 Å². The summed E-state index contributed by atoms with van der Waals surface area (Å²) in [5, 5.41) is 3.53. The Balaban J connectivity index is 1.72. The van der Waals surface area contributed by atoms with Crippen molar-refractivity contribution in [2.75, 3.05) is 23.3 Å². The van der Waals surface area contributed by atoms with Gasteiger partial charge in [-0.15, -0.1) is 0 Å². The molecule has 2 nitrogen and oxygen atoms in total. The number of nitrogens with one attached hydrogen (secondary N) is 1. The van der Waals surface area contributed by atoms with Gasteiger partial charge in [-0.3, -0.25) is 0 Å². The lowest BCUT2D eigenvalue weighted by Gasteiger charge is -2.30. The Kier molecular flexibility index (Phi) is 4.22. The highest BCUT2D eigenvalue weighted by Gasteiger charge is 2.13. The summed E-state index contributed by atoms with van der Waals surface area (Å²) in [6, 6.07) is 20.1. The molecule has 1 saturated heterocycles. The maximum absolute atomic E-state index is 3.53. The first-order valence-corrected chi connectivity index (χ1v) is 7.47. The summed E-state index contributed by atoms with van der Waals surface area (Å²) < 4.78 is 0. The van der Waals surface area contributed by atoms with E-state index in [9.17, 15) is 0 Å². The van der Waals surface area contributed by atoms with Gasteiger partial charge >= 0.3 is 0 Å². The van der Waals surface area contributed by atoms with E-state index in [-0.39, 0.29) is 0 Å². The second kappa shape index (κ2) is 6.47. The fourth-order valence-corrected chi connectivity index (χ4v) is 2.75. The number of hydrogen-bond acceptors (Lipinski definition) is 2. The van der Waals surface area contributed by atoms with E-state index in [2.05, 4.69) is 58.7 Å². The van der Waals surface area contributed by atoms with Crippen LogP contribution in [0.4, 0.5) is 11.4 Å². The van der Waals surface area contributed by atoms with E-state index < -0.39 is 0 Å². The van der Waals surface area contributed by atoms with Gasteiger partial charge in [0.05, 0.1) is 11.4 Å². The molecule has 1 aliphatic heterocycles. The monoisotopic (exact) mass is 265 g/mol. The molecule has 0 saturated carbocycles. The van der Waals surface area contributed by atoms with Gasteiger partial charge in [-0.05, 0) is 30.9 Å². The van der Waals surface area contributed by atoms with Crippen molar-refractivity contribution in [1.29, 1.82) is 0 Å². The second-order valence-corrected chi connectivity index (χ2v) is 5.32. The van der Waals surface area contributed by atoms with Crippen LogP contribution in [0.25, 0.3) is 0 Å². The van der Waals surface area contributed by atoms with Crippen molar-refractivity contribution in [3.63, 3.8) is 0 Å². The predicted molar refractivity (Wildman–Crippen MR) is 85.1 cm³/mol. The Bertz CT molecular complexity index is 530. The Morgan fingerprint density at radius 2 is 1.75 bits per heavy atom. The molecule has 20 heavy (non-hydrogen) atoms. The first-order valence-electron chi connectivity index (χ1n) is 7.47. The number of piperidine rings is 1. The zero-order valence-electron chi connectivity index (χ0n) is 11.8. The number of hydrogen-bond donors (Lipinski definition) is 1. The van der Waals surface area contributed by atoms with E-state index in [1.165, 1.54) is 30.5 Å². The number of nitrogens with zero attached hydrogens (tertiary/aromatic N) is 1. The number of benzene rings is 2. The van der Waals surface area contributed by atoms with Crippen LogP contribution >= 0.6 is 0 Å². The molecule has 0 aromatic heterocycles. The maximum Gasteiger partial charge on any atom is 0.0661 e. The van der Waals surface area contributed by atoms with Gasteiger partial charge in [-0.25, -0.2) is 0 Å². The lowest BCUT2D eigenvalue weighted by Crippen LogP contribution is -2.30. The van der Waals surface area contributed by atoms with Crippen molar-refractivity contribution >= 4 is 11.4 Å². The molecule has 0 spiro atoms. The van der Waals surface area contributed by atoms with Crippen molar-refractivity contribution in [3.8, 4) is 0 Å². The van der Waals surface area contributed by atoms with Crippen molar-refractivity contribution in [2.45, 2.75) is 25.8 Å². The van der Waals surface area contributed by atoms with Gasteiger partial charge in [0.2, 0.25) is 0 Å². The fourth-order valence-electron chi connectivity index (χ4n) is 2.75. The Labute approximate surface area is 121 Å². The molecule has 2 heteroatoms. The SMILES string of the molecule is [c]1cccc(N2CCCCC2)c1NCc1ccccc1. The average molecular weight is 265 g/mol. The fraction of sp³-hybridized carbons (Fsp3) is 0.333. The smallest absolute Gasteiger partial charge is 0.0661 e. The van der Waals surface area contributed by atoms with Crippen molar-refractivity contribution in [2.24, 2.45) is 0 Å². The van der Waals surface area contributed by atoms with E-state index in [1.54, 1.807) is 0 Å². The summed E-state index contributed by atoms with van der Waals surface area (Å²) >= 11 is 0. The number of anilines is 2. The third kappa shape index (κ3) is 3.13. The van der Waals surface area contributed by atoms with Crippen LogP contribution in [0.15, 0.2) is 48.5 Å². The van der Waals surface area contributed by atoms with Gasteiger partial charge < -0.3 is 10.2 Å². The van der Waals surface area contributed by atoms with Gasteiger partial charge in [0.15, 0.2) is 0 Å². The van der Waals surface area contributed by atoms with Crippen LogP contribution in [0.2, 0.25) is 0 Å². The molecule has 1 N–H and O–H groups in total. The highest BCUT2D eigenvalue weighted by atomic mass is 15.1. The molecule has 3 rings (SSSR count). The lowest BCUT2D eigenvalue weighted by molar-refractivity contribution is 0.578. The van der Waals surface area contributed by atoms with Crippen LogP contribution in [-0.4, -0.2) is 13.1 Å². The highest BCUT2D eigenvalue weighted by molar-refractivity contribution is 5.69. The molecule has 103 valence electrons. The molecule has 2 aromatic carbocycles. The summed E-state index contributed by atoms with van der Waals surface area (Å²) in [7, 11) is 0. The third-order valence-electron chi connectivity index (χ3n) is 3.84. The van der Waals surface area contributed by atoms with Crippen molar-refractivity contribution < 1.29 is 0 Å². The third-order valence-corrected chi connectivity index (χ3v) is 3.84. The first-order chi connectivity index (χ1) is 9.93. The normalized spacial score (nSPS) is 15.1. The van der Waals surface area contributed by atoms with E-state index in [0.29, 0.717) is 0 Å². The topological polar surface area (TPSA) is 15.3 Å². The minimum absolute atomic E-state index is 0.849. The van der Waals surface area contributed by atoms with Crippen molar-refractivity contribution in [1.82, 2.24) is 0 Å². The first kappa shape index (κ1) is 13.0. The summed E-state index contributed by atoms with van der Waals surface area (Å²) in [5.41, 5.74) is 3.72. The maximum atomic E-state index is 3.53. The predicted octanol–water partition coefficient (Wildman–Crippen LogP) is 4.09. The van der Waals surface area contributed by atoms with E-state index >= 15 is 0 Å². The quantitative estimate of drug-likeness (QED) is 0.895. The zero-order chi connectivity index (χ0) is 13.6. The largest absolute Gasteiger partial charge is 0.379 e. The molecule has 1 aliphatic rings. The molecule has 2 aromatic rings. The van der Waals surface area contributed by atoms with Gasteiger partial charge in [-0.1, -0.05) is 42.5 Å². The number of rotatable bonds is 4. The van der Waals surface area contributed by atoms with E-state index in [4.69, 9.17) is 0 Å². The standard InChI is InChI=1S/C18H21N2/c1-3-9-16(10-4-1)15-19-17-11-5-6-12-18(17)20-13-7-2-8-14-20/h1,3-6,9-10,12,19H,2,7-8,13-15H2. The lowest BCUT2D eigenvalue weighted by atomic mass is 10.1. The van der Waals surface area contributed by atoms with Gasteiger partial charge in [-0.2, -0.15) is 0 Å². The summed E-state index contributed by atoms with van der Waals surface area (Å²) in [5.74, 6) is 0. The van der Waals surface area contributed by atoms with Crippen molar-refractivity contribution in [3.05, 3.63) is 60.2 Å². The molecule has 0 aliphatic carbocycles. The van der Waals surface area contributed by atoms with E-state index in [1.807, 2.05) is 6.07 Å². The zero-order valence-corrected chi connectivity index (χ0v) is 11.8. The Morgan fingerprint density at radius 1 is 0.950 bits per heavy atom. The van der Waals surface area contributed by atoms with Crippen LogP contribution in [0.3, 0.4) is 0 Å². The molecule has 0 unspecified atom stereocenters. The molecular formula is C18H21N2. The Morgan fingerprint density at radius 3 is 2.55 bits per heavy atom. The molecular weight excluding hydrogens is 244 g/mol. The van der Waals surface area contributed by atoms with Crippen LogP contribution in [0.1, 0.15) is 24.8 Å². The van der Waals surface area contributed by atoms with Gasteiger partial charge in [0.25, 0.3) is 0 Å². The Hall–Kier alpha value is -1.96. The average Bonchev–Trinajstić information content (AvgIpc) is 2.55. The summed E-state index contributed by atoms with van der Waals surface area (Å²) in [4.78, 5) is 2.48. The second-order valence-electron chi connectivity index (χ2n) is 5.32. The van der Waals surface area contributed by atoms with Crippen LogP contribution in [0.5, 0.6) is 0 Å². The minimum Gasteiger partial charge on any atom is -0.379 e. The van der Waals surface area contributed by atoms with Crippen LogP contribution in [-0.2, 0) is 6.54 Å². The van der Waals surface area contributed by atoms with Crippen LogP contribution < -0.4 is 10.2 Å². The minimum atomic E-state index is 0.849. The number of para-hydroxylation sites is 1. The highest BCUT2D eigenvalue weighted by Crippen LogP contribution is 2.28. The molecule has 1 fully saturated rings. The van der Waals surface area contributed by atoms with Gasteiger partial charge in [0, 0.05) is 25.7 Å². The van der Waals surface area contributed by atoms with E-state index in [0.717, 1.165) is 25.3 Å². The molecule has 1 radical (unpaired) electrons. The molecule has 0 bridgehead atoms. The molecule has 1 heterocycles.